The van der Waals surface area contributed by atoms with Crippen molar-refractivity contribution in [1.29, 1.82) is 0 Å². The third kappa shape index (κ3) is 13.0. The highest BCUT2D eigenvalue weighted by Crippen LogP contribution is 2.42. The van der Waals surface area contributed by atoms with Crippen LogP contribution in [0.2, 0.25) is 0 Å². The third-order valence-corrected chi connectivity index (χ3v) is 11.2. The highest BCUT2D eigenvalue weighted by molar-refractivity contribution is 6.01. The molecule has 4 amide bonds. The number of nitrogens with one attached hydrogen (secondary N) is 3. The van der Waals surface area contributed by atoms with Crippen LogP contribution in [-0.4, -0.2) is 139 Å². The summed E-state index contributed by atoms with van der Waals surface area (Å²) in [5.74, 6) is -3.71. The van der Waals surface area contributed by atoms with Crippen molar-refractivity contribution in [2.24, 2.45) is 5.41 Å². The van der Waals surface area contributed by atoms with Gasteiger partial charge < -0.3 is 50.8 Å². The second kappa shape index (κ2) is 22.1. The Bertz CT molecular complexity index is 2260. The molecule has 5 rings (SSSR count). The fourth-order valence-electron chi connectivity index (χ4n) is 7.25. The van der Waals surface area contributed by atoms with Gasteiger partial charge in [-0.2, -0.15) is 0 Å². The van der Waals surface area contributed by atoms with E-state index in [4.69, 9.17) is 9.47 Å². The Morgan fingerprint density at radius 1 is 0.773 bits per heavy atom. The summed E-state index contributed by atoms with van der Waals surface area (Å²) in [6.07, 6.45) is -10.2. The van der Waals surface area contributed by atoms with Crippen LogP contribution in [0.5, 0.6) is 0 Å². The van der Waals surface area contributed by atoms with Gasteiger partial charge in [-0.15, -0.1) is 5.10 Å². The van der Waals surface area contributed by atoms with Gasteiger partial charge in [0.25, 0.3) is 0 Å². The molecule has 2 aliphatic heterocycles. The lowest BCUT2D eigenvalue weighted by molar-refractivity contribution is -0.301. The molecule has 0 radical (unpaired) electrons. The van der Waals surface area contributed by atoms with Crippen molar-refractivity contribution < 1.29 is 63.5 Å². The van der Waals surface area contributed by atoms with E-state index in [0.29, 0.717) is 16.9 Å². The third-order valence-electron chi connectivity index (χ3n) is 11.2. The molecule has 20 heteroatoms. The van der Waals surface area contributed by atoms with Crippen LogP contribution in [0, 0.1) is 5.41 Å². The fraction of sp³-hybridized carbons (Fsp3) is 0.543. The van der Waals surface area contributed by atoms with Crippen molar-refractivity contribution >= 4 is 46.7 Å². The number of rotatable bonds is 19. The first-order valence-corrected chi connectivity index (χ1v) is 21.9. The number of benzene rings is 2. The van der Waals surface area contributed by atoms with Crippen molar-refractivity contribution in [2.45, 2.75) is 129 Å². The predicted octanol–water partition coefficient (Wildman–Crippen LogP) is 0.841. The second-order valence-electron chi connectivity index (χ2n) is 18.4. The Hall–Kier alpha value is -5.77. The number of amides is 4. The first-order valence-electron chi connectivity index (χ1n) is 21.9. The summed E-state index contributed by atoms with van der Waals surface area (Å²) < 4.78 is 12.9. The Morgan fingerprint density at radius 2 is 1.39 bits per heavy atom. The van der Waals surface area contributed by atoms with E-state index in [9.17, 15) is 54.0 Å². The minimum absolute atomic E-state index is 0.152. The Morgan fingerprint density at radius 3 is 2.06 bits per heavy atom. The van der Waals surface area contributed by atoms with Gasteiger partial charge in [-0.25, -0.2) is 4.68 Å². The number of carbonyl (C=O) groups is 7. The molecule has 0 aliphatic carbocycles. The molecule has 66 heavy (non-hydrogen) atoms. The Labute approximate surface area is 382 Å². The van der Waals surface area contributed by atoms with Crippen LogP contribution in [-0.2, 0) is 55.1 Å². The molecule has 1 aromatic heterocycles. The van der Waals surface area contributed by atoms with E-state index < -0.39 is 115 Å². The number of hydrogen-bond donors (Lipinski definition) is 7. The van der Waals surface area contributed by atoms with E-state index in [2.05, 4.69) is 26.3 Å². The number of hydrogen-bond acceptors (Lipinski definition) is 15. The number of aromatic nitrogens is 3. The maximum absolute atomic E-state index is 14.2. The summed E-state index contributed by atoms with van der Waals surface area (Å²) in [6.45, 7) is 9.36. The molecule has 3 heterocycles. The quantitative estimate of drug-likeness (QED) is 0.0877. The summed E-state index contributed by atoms with van der Waals surface area (Å²) in [4.78, 5) is 92.2. The van der Waals surface area contributed by atoms with E-state index in [1.807, 2.05) is 61.9 Å². The summed E-state index contributed by atoms with van der Waals surface area (Å²) in [5, 5.41) is 57.1. The molecule has 0 saturated carbocycles. The minimum Gasteiger partial charge on any atom is -0.394 e. The van der Waals surface area contributed by atoms with E-state index >= 15 is 0 Å². The van der Waals surface area contributed by atoms with E-state index in [1.54, 1.807) is 37.8 Å². The largest absolute Gasteiger partial charge is 0.394 e. The number of carbonyl (C=O) groups excluding carboxylic acids is 7. The second-order valence-corrected chi connectivity index (χ2v) is 18.4. The van der Waals surface area contributed by atoms with Gasteiger partial charge in [0, 0.05) is 55.1 Å². The van der Waals surface area contributed by atoms with Crippen LogP contribution in [0.1, 0.15) is 85.6 Å². The number of Topliss-reactive ketones (excluding diaryl/α,β-unsaturated/α-hetero) is 3. The molecule has 6 atom stereocenters. The summed E-state index contributed by atoms with van der Waals surface area (Å²) in [6, 6.07) is 13.4. The van der Waals surface area contributed by atoms with Crippen molar-refractivity contribution in [3.63, 3.8) is 0 Å². The van der Waals surface area contributed by atoms with Crippen LogP contribution < -0.4 is 20.9 Å². The number of fused-ring (bicyclic) bond motifs is 5. The number of anilines is 1. The minimum atomic E-state index is -1.81. The van der Waals surface area contributed by atoms with Gasteiger partial charge in [-0.05, 0) is 32.4 Å². The molecular weight excluding hydrogens is 859 g/mol. The lowest BCUT2D eigenvalue weighted by Gasteiger charge is -2.39. The van der Waals surface area contributed by atoms with Crippen LogP contribution in [0.15, 0.2) is 48.5 Å². The highest BCUT2D eigenvalue weighted by Gasteiger charge is 2.44. The number of nitrogens with zero attached hydrogens (tertiary/aromatic N) is 4. The molecule has 3 aromatic rings. The van der Waals surface area contributed by atoms with Crippen molar-refractivity contribution in [2.75, 3.05) is 31.2 Å². The first-order chi connectivity index (χ1) is 31.1. The molecule has 2 aliphatic rings. The first kappa shape index (κ1) is 51.2. The number of ether oxygens (including phenoxy) is 2. The molecule has 0 bridgehead atoms. The molecule has 2 unspecified atom stereocenters. The summed E-state index contributed by atoms with van der Waals surface area (Å²) >= 11 is 0. The number of para-hydroxylation sites is 1. The lowest BCUT2D eigenvalue weighted by Crippen LogP contribution is -2.59. The SMILES string of the molecule is CC(C)(C)C(=O)CNC(=O)CCC(=O)CNC(=O)CCC(=O)[C@H](CO[C@@H]1OC(CO)[C@@H](O)[C@H](O)C1O)NC(=O)CCC(=O)N1Cc2ccccc2-c2c(nnn2C(C)(C)C)-c2ccccc21. The van der Waals surface area contributed by atoms with Crippen LogP contribution in [0.3, 0.4) is 0 Å². The van der Waals surface area contributed by atoms with Gasteiger partial charge in [-0.1, -0.05) is 68.4 Å². The number of aliphatic hydroxyl groups is 4. The van der Waals surface area contributed by atoms with Crippen molar-refractivity contribution in [3.8, 4) is 22.5 Å². The normalized spacial score (nSPS) is 19.8. The molecule has 7 N–H and O–H groups in total. The number of aliphatic hydroxyl groups excluding tert-OH is 4. The van der Waals surface area contributed by atoms with E-state index in [0.717, 1.165) is 16.8 Å². The van der Waals surface area contributed by atoms with E-state index in [1.165, 1.54) is 0 Å². The van der Waals surface area contributed by atoms with E-state index in [-0.39, 0.29) is 44.6 Å². The standard InChI is InChI=1S/C46H61N7O13/c1-45(2,3)34(57)22-48-35(58)17-15-27(55)21-47-36(59)18-16-32(56)30(25-65-44-43(64)42(63)41(62)33(24-54)66-44)49-37(60)19-20-38(61)52-23-26-11-7-8-12-28(26)40-39(29-13-9-10-14-31(29)52)50-51-53(40)46(4,5)6/h7-14,30,33,41-44,54,62-64H,15-25H2,1-6H3,(H,47,59)(H,48,58)(H,49,60)/t30-,33?,41+,42-,43?,44+/m0/s1. The van der Waals surface area contributed by atoms with Crippen LogP contribution in [0.4, 0.5) is 5.69 Å². The van der Waals surface area contributed by atoms with Gasteiger partial charge in [0.1, 0.15) is 36.2 Å². The van der Waals surface area contributed by atoms with Crippen LogP contribution in [0.25, 0.3) is 22.5 Å². The highest BCUT2D eigenvalue weighted by atomic mass is 16.7. The van der Waals surface area contributed by atoms with Gasteiger partial charge in [0.2, 0.25) is 23.6 Å². The fourth-order valence-corrected chi connectivity index (χ4v) is 7.25. The topological polar surface area (TPSA) is 289 Å². The average Bonchev–Trinajstić information content (AvgIpc) is 3.73. The Balaban J connectivity index is 1.23. The zero-order chi connectivity index (χ0) is 48.5. The average molecular weight is 920 g/mol. The van der Waals surface area contributed by atoms with Gasteiger partial charge in [0.05, 0.1) is 49.8 Å². The molecule has 1 saturated heterocycles. The van der Waals surface area contributed by atoms with Gasteiger partial charge >= 0.3 is 0 Å². The smallest absolute Gasteiger partial charge is 0.227 e. The zero-order valence-corrected chi connectivity index (χ0v) is 38.1. The van der Waals surface area contributed by atoms with Crippen LogP contribution >= 0.6 is 0 Å². The molecule has 20 nitrogen and oxygen atoms in total. The van der Waals surface area contributed by atoms with Crippen molar-refractivity contribution in [1.82, 2.24) is 30.9 Å². The molecular formula is C46H61N7O13. The maximum Gasteiger partial charge on any atom is 0.227 e. The molecule has 1 fully saturated rings. The Kier molecular flexibility index (Phi) is 17.2. The molecule has 2 aromatic carbocycles. The maximum atomic E-state index is 14.2. The monoisotopic (exact) mass is 919 g/mol. The summed E-state index contributed by atoms with van der Waals surface area (Å²) in [7, 11) is 0. The lowest BCUT2D eigenvalue weighted by atomic mass is 9.91. The molecule has 0 spiro atoms. The summed E-state index contributed by atoms with van der Waals surface area (Å²) in [5.41, 5.74) is 3.18. The number of ketones is 3. The zero-order valence-electron chi connectivity index (χ0n) is 38.1. The van der Waals surface area contributed by atoms with Crippen molar-refractivity contribution in [3.05, 3.63) is 54.1 Å². The van der Waals surface area contributed by atoms with Gasteiger partial charge in [-0.3, -0.25) is 33.6 Å². The van der Waals surface area contributed by atoms with Gasteiger partial charge in [0.15, 0.2) is 23.6 Å². The molecule has 358 valence electrons. The predicted molar refractivity (Wildman–Crippen MR) is 237 cm³/mol.